The number of amides is 1. The molecule has 2 aromatic carbocycles. The average Bonchev–Trinajstić information content (AvgIpc) is 2.66. The number of aliphatic hydroxyl groups is 1. The topological polar surface area (TPSA) is 88.2 Å². The molecular formula is C23H25F2N3O2. The van der Waals surface area contributed by atoms with E-state index in [9.17, 15) is 14.3 Å². The summed E-state index contributed by atoms with van der Waals surface area (Å²) in [6.45, 7) is 4.94. The van der Waals surface area contributed by atoms with Crippen molar-refractivity contribution in [2.75, 3.05) is 11.9 Å². The van der Waals surface area contributed by atoms with Gasteiger partial charge in [-0.3, -0.25) is 4.79 Å². The minimum atomic E-state index is -2.58. The normalized spacial score (nSPS) is 13.8. The predicted octanol–water partition coefficient (Wildman–Crippen LogP) is 4.22. The minimum Gasteiger partial charge on any atom is -0.378 e. The van der Waals surface area contributed by atoms with Gasteiger partial charge in [-0.15, -0.1) is 0 Å². The van der Waals surface area contributed by atoms with Gasteiger partial charge >= 0.3 is 0 Å². The van der Waals surface area contributed by atoms with Gasteiger partial charge < -0.3 is 16.2 Å². The molecule has 7 heteroatoms. The molecule has 0 bridgehead atoms. The second-order valence-electron chi connectivity index (χ2n) is 8.23. The Hall–Kier alpha value is -3.06. The van der Waals surface area contributed by atoms with Crippen LogP contribution in [0.4, 0.5) is 14.5 Å². The quantitative estimate of drug-likeness (QED) is 0.541. The molecule has 1 unspecified atom stereocenters. The van der Waals surface area contributed by atoms with E-state index in [0.29, 0.717) is 16.8 Å². The number of carbonyl (C=O) groups is 1. The third-order valence-corrected chi connectivity index (χ3v) is 5.16. The van der Waals surface area contributed by atoms with Crippen LogP contribution in [0, 0.1) is 12.7 Å². The first-order chi connectivity index (χ1) is 14.0. The van der Waals surface area contributed by atoms with Gasteiger partial charge in [0.15, 0.2) is 0 Å². The monoisotopic (exact) mass is 413 g/mol. The highest BCUT2D eigenvalue weighted by atomic mass is 19.2. The van der Waals surface area contributed by atoms with Gasteiger partial charge in [0.25, 0.3) is 5.91 Å². The van der Waals surface area contributed by atoms with Crippen LogP contribution in [0.1, 0.15) is 41.9 Å². The summed E-state index contributed by atoms with van der Waals surface area (Å²) in [4.78, 5) is 15.7. The Morgan fingerprint density at radius 2 is 1.93 bits per heavy atom. The smallest absolute Gasteiger partial charge is 0.267 e. The summed E-state index contributed by atoms with van der Waals surface area (Å²) < 4.78 is 28.8. The number of alkyl halides is 1. The lowest BCUT2D eigenvalue weighted by molar-refractivity contribution is -0.0941. The lowest BCUT2D eigenvalue weighted by Crippen LogP contribution is -2.39. The molecule has 1 aromatic heterocycles. The molecule has 1 atom stereocenters. The minimum absolute atomic E-state index is 0.0926. The predicted molar refractivity (Wildman–Crippen MR) is 114 cm³/mol. The van der Waals surface area contributed by atoms with Crippen molar-refractivity contribution in [2.24, 2.45) is 5.73 Å². The summed E-state index contributed by atoms with van der Waals surface area (Å²) in [7, 11) is 0. The average molecular weight is 413 g/mol. The molecule has 4 N–H and O–H groups in total. The maximum Gasteiger partial charge on any atom is 0.267 e. The summed E-state index contributed by atoms with van der Waals surface area (Å²) in [5.41, 5.74) is 6.95. The fourth-order valence-electron chi connectivity index (χ4n) is 3.82. The molecule has 0 radical (unpaired) electrons. The number of rotatable bonds is 7. The van der Waals surface area contributed by atoms with Gasteiger partial charge in [-0.2, -0.15) is 0 Å². The maximum absolute atomic E-state index is 15.1. The fourth-order valence-corrected chi connectivity index (χ4v) is 3.82. The summed E-state index contributed by atoms with van der Waals surface area (Å²) in [5.74, 6) is -3.65. The molecule has 0 spiro atoms. The van der Waals surface area contributed by atoms with E-state index in [1.54, 1.807) is 44.2 Å². The second-order valence-corrected chi connectivity index (χ2v) is 8.23. The second kappa shape index (κ2) is 7.99. The number of carbonyl (C=O) groups excluding carboxylic acids is 1. The van der Waals surface area contributed by atoms with E-state index in [4.69, 9.17) is 5.73 Å². The van der Waals surface area contributed by atoms with E-state index in [0.717, 1.165) is 10.9 Å². The van der Waals surface area contributed by atoms with Crippen LogP contribution in [0.25, 0.3) is 10.9 Å². The number of aryl methyl sites for hydroxylation is 1. The number of fused-ring (bicyclic) bond motifs is 1. The van der Waals surface area contributed by atoms with Crippen molar-refractivity contribution in [1.82, 2.24) is 4.98 Å². The van der Waals surface area contributed by atoms with Crippen molar-refractivity contribution >= 4 is 22.5 Å². The summed E-state index contributed by atoms with van der Waals surface area (Å²) in [6.07, 6.45) is -0.248. The highest BCUT2D eigenvalue weighted by Gasteiger charge is 2.36. The Balaban J connectivity index is 1.81. The molecule has 1 heterocycles. The molecule has 0 aliphatic heterocycles. The number of hydrogen-bond donors (Lipinski definition) is 3. The Bertz CT molecular complexity index is 1100. The van der Waals surface area contributed by atoms with Crippen LogP contribution in [0.15, 0.2) is 48.5 Å². The molecule has 158 valence electrons. The first kappa shape index (κ1) is 21.6. The number of nitrogens with one attached hydrogen (secondary N) is 1. The van der Waals surface area contributed by atoms with Gasteiger partial charge in [0, 0.05) is 11.8 Å². The number of aromatic nitrogens is 1. The summed E-state index contributed by atoms with van der Waals surface area (Å²) >= 11 is 0. The molecule has 3 aromatic rings. The third-order valence-electron chi connectivity index (χ3n) is 5.16. The molecule has 0 saturated heterocycles. The summed E-state index contributed by atoms with van der Waals surface area (Å²) in [6, 6.07) is 12.8. The van der Waals surface area contributed by atoms with Crippen molar-refractivity contribution in [2.45, 2.75) is 38.5 Å². The molecular weight excluding hydrogens is 388 g/mol. The highest BCUT2D eigenvalue weighted by molar-refractivity contribution is 5.96. The number of nitrogens with zero attached hydrogens (tertiary/aromatic N) is 1. The lowest BCUT2D eigenvalue weighted by Gasteiger charge is -2.33. The highest BCUT2D eigenvalue weighted by Crippen LogP contribution is 2.35. The number of pyridine rings is 1. The number of nitrogens with two attached hydrogens (primary N) is 1. The van der Waals surface area contributed by atoms with Crippen molar-refractivity contribution < 1.29 is 18.7 Å². The first-order valence-corrected chi connectivity index (χ1v) is 9.60. The Morgan fingerprint density at radius 1 is 1.20 bits per heavy atom. The van der Waals surface area contributed by atoms with Gasteiger partial charge in [0.2, 0.25) is 5.85 Å². The number of primary amides is 1. The molecule has 0 saturated carbocycles. The van der Waals surface area contributed by atoms with Crippen LogP contribution < -0.4 is 11.1 Å². The lowest BCUT2D eigenvalue weighted by atomic mass is 9.77. The van der Waals surface area contributed by atoms with Crippen LogP contribution in [-0.2, 0) is 5.41 Å². The largest absolute Gasteiger partial charge is 0.378 e. The number of anilines is 1. The van der Waals surface area contributed by atoms with Crippen LogP contribution in [0.3, 0.4) is 0 Å². The van der Waals surface area contributed by atoms with E-state index in [1.807, 2.05) is 6.92 Å². The summed E-state index contributed by atoms with van der Waals surface area (Å²) in [5, 5.41) is 14.0. The maximum atomic E-state index is 15.1. The number of para-hydroxylation sites is 1. The van der Waals surface area contributed by atoms with Gasteiger partial charge in [-0.05, 0) is 47.7 Å². The van der Waals surface area contributed by atoms with Crippen molar-refractivity contribution in [3.63, 3.8) is 0 Å². The molecule has 30 heavy (non-hydrogen) atoms. The number of halogens is 2. The van der Waals surface area contributed by atoms with Crippen molar-refractivity contribution in [1.29, 1.82) is 0 Å². The van der Waals surface area contributed by atoms with Crippen molar-refractivity contribution in [3.8, 4) is 0 Å². The third kappa shape index (κ3) is 4.74. The van der Waals surface area contributed by atoms with Crippen LogP contribution in [0.5, 0.6) is 0 Å². The molecule has 3 rings (SSSR count). The van der Waals surface area contributed by atoms with Crippen molar-refractivity contribution in [3.05, 3.63) is 71.2 Å². The fraction of sp³-hybridized carbons (Fsp3) is 0.304. The Kier molecular flexibility index (Phi) is 5.76. The van der Waals surface area contributed by atoms with E-state index in [2.05, 4.69) is 10.3 Å². The Morgan fingerprint density at radius 3 is 2.63 bits per heavy atom. The zero-order valence-corrected chi connectivity index (χ0v) is 17.2. The zero-order chi connectivity index (χ0) is 22.1. The van der Waals surface area contributed by atoms with Gasteiger partial charge in [-0.1, -0.05) is 38.1 Å². The molecule has 0 aliphatic rings. The van der Waals surface area contributed by atoms with E-state index >= 15 is 4.39 Å². The van der Waals surface area contributed by atoms with Gasteiger partial charge in [0.05, 0.1) is 17.7 Å². The van der Waals surface area contributed by atoms with Crippen LogP contribution in [-0.4, -0.2) is 28.4 Å². The van der Waals surface area contributed by atoms with Crippen LogP contribution in [0.2, 0.25) is 0 Å². The molecule has 0 aliphatic carbocycles. The van der Waals surface area contributed by atoms with Gasteiger partial charge in [-0.25, -0.2) is 13.8 Å². The Labute approximate surface area is 173 Å². The van der Waals surface area contributed by atoms with E-state index in [1.165, 1.54) is 18.2 Å². The standard InChI is InChI=1S/C23H25F2N3O2/c1-14-7-9-16(24)11-17(14)22(2,3)12-23(25,30)13-27-18-6-4-5-15-8-10-19(21(26)29)28-20(15)18/h4-11,27,30H,12-13H2,1-3H3,(H2,26,29). The van der Waals surface area contributed by atoms with E-state index < -0.39 is 29.5 Å². The number of benzene rings is 2. The number of hydrogen-bond acceptors (Lipinski definition) is 4. The van der Waals surface area contributed by atoms with Crippen LogP contribution >= 0.6 is 0 Å². The first-order valence-electron chi connectivity index (χ1n) is 9.60. The van der Waals surface area contributed by atoms with Gasteiger partial charge in [0.1, 0.15) is 11.5 Å². The molecule has 5 nitrogen and oxygen atoms in total. The molecule has 0 fully saturated rings. The van der Waals surface area contributed by atoms with E-state index in [-0.39, 0.29) is 12.1 Å². The molecule has 1 amide bonds. The zero-order valence-electron chi connectivity index (χ0n) is 17.2. The SMILES string of the molecule is Cc1ccc(F)cc1C(C)(C)CC(O)(F)CNc1cccc2ccc(C(N)=O)nc12.